The molecule has 21 heavy (non-hydrogen) atoms. The van der Waals surface area contributed by atoms with Crippen LogP contribution in [-0.2, 0) is 0 Å². The molecule has 0 amide bonds. The van der Waals surface area contributed by atoms with Gasteiger partial charge in [-0.15, -0.1) is 0 Å². The van der Waals surface area contributed by atoms with Crippen LogP contribution in [0.15, 0.2) is 41.8 Å². The number of imidazole rings is 1. The molecule has 1 aliphatic heterocycles. The van der Waals surface area contributed by atoms with E-state index in [9.17, 15) is 5.21 Å². The number of benzene rings is 1. The molecule has 110 valence electrons. The van der Waals surface area contributed by atoms with E-state index in [1.54, 1.807) is 11.8 Å². The lowest BCUT2D eigenvalue weighted by Gasteiger charge is -2.12. The van der Waals surface area contributed by atoms with E-state index in [0.29, 0.717) is 0 Å². The highest BCUT2D eigenvalue weighted by Gasteiger charge is 2.24. The lowest BCUT2D eigenvalue weighted by molar-refractivity contribution is 0.316. The number of oxime groups is 1. The first-order chi connectivity index (χ1) is 10.3. The van der Waals surface area contributed by atoms with Crippen LogP contribution in [0.3, 0.4) is 0 Å². The zero-order valence-electron chi connectivity index (χ0n) is 12.1. The summed E-state index contributed by atoms with van der Waals surface area (Å²) in [6.07, 6.45) is 8.04. The van der Waals surface area contributed by atoms with Crippen LogP contribution >= 0.6 is 11.8 Å². The van der Waals surface area contributed by atoms with Crippen molar-refractivity contribution >= 4 is 33.5 Å². The van der Waals surface area contributed by atoms with Crippen molar-refractivity contribution in [3.63, 3.8) is 0 Å². The van der Waals surface area contributed by atoms with E-state index in [1.807, 2.05) is 24.5 Å². The zero-order valence-corrected chi connectivity index (χ0v) is 12.9. The molecular weight excluding hydrogens is 282 g/mol. The standard InChI is InChI=1S/C16H19N3OS/c1-2-3-6-13(18-20)15-9-10-16(21-15)19-11-17-12-7-4-5-8-14(12)19/h4-5,7-8,10-11,15,20H,2-3,6,9H2,1H3/b18-13+. The average molecular weight is 301 g/mol. The Hall–Kier alpha value is -1.75. The van der Waals surface area contributed by atoms with E-state index < -0.39 is 0 Å². The van der Waals surface area contributed by atoms with Crippen molar-refractivity contribution in [2.24, 2.45) is 5.16 Å². The first-order valence-electron chi connectivity index (χ1n) is 7.33. The molecule has 0 radical (unpaired) electrons. The maximum Gasteiger partial charge on any atom is 0.101 e. The Morgan fingerprint density at radius 3 is 3.14 bits per heavy atom. The second-order valence-corrected chi connectivity index (χ2v) is 6.41. The summed E-state index contributed by atoms with van der Waals surface area (Å²) in [7, 11) is 0. The minimum Gasteiger partial charge on any atom is -0.411 e. The lowest BCUT2D eigenvalue weighted by atomic mass is 10.1. The van der Waals surface area contributed by atoms with E-state index in [0.717, 1.165) is 42.4 Å². The van der Waals surface area contributed by atoms with Crippen LogP contribution in [0, 0.1) is 0 Å². The number of allylic oxidation sites excluding steroid dienone is 1. The number of unbranched alkanes of at least 4 members (excludes halogenated alkanes) is 1. The highest BCUT2D eigenvalue weighted by atomic mass is 32.2. The summed E-state index contributed by atoms with van der Waals surface area (Å²) in [5.41, 5.74) is 3.02. The van der Waals surface area contributed by atoms with Crippen LogP contribution in [0.2, 0.25) is 0 Å². The molecule has 1 N–H and O–H groups in total. The summed E-state index contributed by atoms with van der Waals surface area (Å²) < 4.78 is 2.12. The molecule has 0 saturated heterocycles. The Morgan fingerprint density at radius 2 is 2.33 bits per heavy atom. The Labute approximate surface area is 128 Å². The summed E-state index contributed by atoms with van der Waals surface area (Å²) in [6.45, 7) is 2.15. The Kier molecular flexibility index (Phi) is 4.29. The highest BCUT2D eigenvalue weighted by Crippen LogP contribution is 2.38. The third-order valence-electron chi connectivity index (χ3n) is 3.75. The quantitative estimate of drug-likeness (QED) is 0.507. The van der Waals surface area contributed by atoms with Gasteiger partial charge < -0.3 is 5.21 Å². The average Bonchev–Trinajstić information content (AvgIpc) is 3.14. The van der Waals surface area contributed by atoms with Crippen LogP contribution in [0.1, 0.15) is 32.6 Å². The fourth-order valence-corrected chi connectivity index (χ4v) is 3.81. The Balaban J connectivity index is 1.77. The molecule has 4 nitrogen and oxygen atoms in total. The topological polar surface area (TPSA) is 50.4 Å². The largest absolute Gasteiger partial charge is 0.411 e. The van der Waals surface area contributed by atoms with Crippen molar-refractivity contribution < 1.29 is 5.21 Å². The van der Waals surface area contributed by atoms with Gasteiger partial charge in [-0.3, -0.25) is 4.57 Å². The summed E-state index contributed by atoms with van der Waals surface area (Å²) in [4.78, 5) is 4.43. The number of para-hydroxylation sites is 2. The van der Waals surface area contributed by atoms with Gasteiger partial charge in [0.15, 0.2) is 0 Å². The normalized spacial score (nSPS) is 19.2. The van der Waals surface area contributed by atoms with Gasteiger partial charge in [0.05, 0.1) is 27.0 Å². The molecule has 0 spiro atoms. The molecule has 1 aromatic heterocycles. The van der Waals surface area contributed by atoms with Crippen LogP contribution < -0.4 is 0 Å². The van der Waals surface area contributed by atoms with Gasteiger partial charge in [0.2, 0.25) is 0 Å². The predicted molar refractivity (Wildman–Crippen MR) is 88.7 cm³/mol. The molecule has 0 saturated carbocycles. The Bertz CT molecular complexity index is 690. The second kappa shape index (κ2) is 6.35. The van der Waals surface area contributed by atoms with Crippen molar-refractivity contribution in [1.29, 1.82) is 0 Å². The molecular formula is C16H19N3OS. The van der Waals surface area contributed by atoms with Gasteiger partial charge in [0.1, 0.15) is 6.33 Å². The maximum atomic E-state index is 9.23. The second-order valence-electron chi connectivity index (χ2n) is 5.18. The molecule has 0 bridgehead atoms. The fraction of sp³-hybridized carbons (Fsp3) is 0.375. The van der Waals surface area contributed by atoms with E-state index >= 15 is 0 Å². The van der Waals surface area contributed by atoms with E-state index in [1.165, 1.54) is 5.03 Å². The molecule has 1 aliphatic rings. The number of nitrogens with zero attached hydrogens (tertiary/aromatic N) is 3. The van der Waals surface area contributed by atoms with Crippen LogP contribution in [0.5, 0.6) is 0 Å². The zero-order chi connectivity index (χ0) is 14.7. The van der Waals surface area contributed by atoms with Gasteiger partial charge in [-0.25, -0.2) is 4.98 Å². The SMILES string of the molecule is CCCC/C(=N\O)C1CC=C(n2cnc3ccccc32)S1. The number of hydrogen-bond acceptors (Lipinski definition) is 4. The van der Waals surface area contributed by atoms with Crippen molar-refractivity contribution in [2.75, 3.05) is 0 Å². The van der Waals surface area contributed by atoms with Crippen molar-refractivity contribution in [1.82, 2.24) is 9.55 Å². The minimum atomic E-state index is 0.248. The summed E-state index contributed by atoms with van der Waals surface area (Å²) in [5, 5.41) is 14.2. The van der Waals surface area contributed by atoms with E-state index in [2.05, 4.69) is 33.8 Å². The predicted octanol–water partition coefficient (Wildman–Crippen LogP) is 4.36. The van der Waals surface area contributed by atoms with Gasteiger partial charge in [-0.05, 0) is 31.4 Å². The first-order valence-corrected chi connectivity index (χ1v) is 8.21. The fourth-order valence-electron chi connectivity index (χ4n) is 2.58. The van der Waals surface area contributed by atoms with Gasteiger partial charge >= 0.3 is 0 Å². The van der Waals surface area contributed by atoms with Gasteiger partial charge in [0.25, 0.3) is 0 Å². The van der Waals surface area contributed by atoms with E-state index in [4.69, 9.17) is 0 Å². The van der Waals surface area contributed by atoms with Crippen LogP contribution in [0.25, 0.3) is 16.1 Å². The van der Waals surface area contributed by atoms with Gasteiger partial charge in [-0.2, -0.15) is 0 Å². The molecule has 1 aromatic carbocycles. The van der Waals surface area contributed by atoms with Crippen LogP contribution in [-0.4, -0.2) is 25.7 Å². The van der Waals surface area contributed by atoms with Crippen LogP contribution in [0.4, 0.5) is 0 Å². The maximum absolute atomic E-state index is 9.23. The lowest BCUT2D eigenvalue weighted by Crippen LogP contribution is -2.14. The molecule has 0 aliphatic carbocycles. The highest BCUT2D eigenvalue weighted by molar-refractivity contribution is 8.09. The number of aromatic nitrogens is 2. The molecule has 1 unspecified atom stereocenters. The molecule has 2 heterocycles. The smallest absolute Gasteiger partial charge is 0.101 e. The van der Waals surface area contributed by atoms with Crippen molar-refractivity contribution in [3.05, 3.63) is 36.7 Å². The van der Waals surface area contributed by atoms with Gasteiger partial charge in [0, 0.05) is 0 Å². The van der Waals surface area contributed by atoms with Crippen molar-refractivity contribution in [2.45, 2.75) is 37.9 Å². The number of fused-ring (bicyclic) bond motifs is 1. The third kappa shape index (κ3) is 2.83. The van der Waals surface area contributed by atoms with E-state index in [-0.39, 0.29) is 5.25 Å². The molecule has 2 aromatic rings. The first kappa shape index (κ1) is 14.2. The minimum absolute atomic E-state index is 0.248. The number of hydrogen-bond donors (Lipinski definition) is 1. The number of thioether (sulfide) groups is 1. The number of rotatable bonds is 5. The molecule has 5 heteroatoms. The summed E-state index contributed by atoms with van der Waals surface area (Å²) >= 11 is 1.76. The molecule has 0 fully saturated rings. The Morgan fingerprint density at radius 1 is 1.48 bits per heavy atom. The molecule has 3 rings (SSSR count). The third-order valence-corrected chi connectivity index (χ3v) is 5.10. The van der Waals surface area contributed by atoms with Gasteiger partial charge in [-0.1, -0.05) is 48.5 Å². The van der Waals surface area contributed by atoms with Crippen molar-refractivity contribution in [3.8, 4) is 0 Å². The summed E-state index contributed by atoms with van der Waals surface area (Å²) in [5.74, 6) is 0. The monoisotopic (exact) mass is 301 g/mol. The summed E-state index contributed by atoms with van der Waals surface area (Å²) in [6, 6.07) is 8.13. The molecule has 1 atom stereocenters.